The lowest BCUT2D eigenvalue weighted by molar-refractivity contribution is -0.144. The molecule has 1 aromatic rings. The maximum atomic E-state index is 13.2. The van der Waals surface area contributed by atoms with Gasteiger partial charge in [0.25, 0.3) is 0 Å². The van der Waals surface area contributed by atoms with Crippen molar-refractivity contribution < 1.29 is 34.2 Å². The molecule has 0 aliphatic carbocycles. The van der Waals surface area contributed by atoms with E-state index in [-0.39, 0.29) is 12.2 Å². The van der Waals surface area contributed by atoms with E-state index in [4.69, 9.17) is 17.2 Å². The molecular formula is C25H40N6O7. The second-order valence-electron chi connectivity index (χ2n) is 9.26. The van der Waals surface area contributed by atoms with Gasteiger partial charge in [-0.15, -0.1) is 0 Å². The monoisotopic (exact) mass is 536 g/mol. The second kappa shape index (κ2) is 16.2. The number of nitrogens with two attached hydrogens (primary N) is 3. The smallest absolute Gasteiger partial charge is 0.326 e. The van der Waals surface area contributed by atoms with Crippen molar-refractivity contribution in [3.8, 4) is 5.75 Å². The Bertz CT molecular complexity index is 956. The summed E-state index contributed by atoms with van der Waals surface area (Å²) in [6.07, 6.45) is 1.42. The van der Waals surface area contributed by atoms with Crippen LogP contribution in [0, 0.1) is 5.92 Å². The number of unbranched alkanes of at least 4 members (excludes halogenated alkanes) is 1. The standard InChI is InChI=1S/C25H40N6O7/c1-3-14(2)21(25(37)38)31-24(36)18(12-15-7-9-16(32)10-8-15)30-23(35)19(13-20(28)33)29-22(34)17(27)6-4-5-11-26/h7-10,14,17-19,21,32H,3-6,11-13,26-27H2,1-2H3,(H2,28,33)(H,29,34)(H,30,35)(H,31,36)(H,37,38). The number of carboxylic acids is 1. The Labute approximate surface area is 221 Å². The molecule has 4 amide bonds. The van der Waals surface area contributed by atoms with Crippen LogP contribution in [-0.4, -0.2) is 70.5 Å². The molecule has 1 rings (SSSR count). The number of nitrogens with one attached hydrogen (secondary N) is 3. The van der Waals surface area contributed by atoms with Gasteiger partial charge in [0.1, 0.15) is 23.9 Å². The van der Waals surface area contributed by atoms with Crippen LogP contribution >= 0.6 is 0 Å². The topological polar surface area (TPSA) is 240 Å². The van der Waals surface area contributed by atoms with Crippen LogP contribution in [0.25, 0.3) is 0 Å². The molecule has 1 aromatic carbocycles. The molecule has 0 radical (unpaired) electrons. The second-order valence-corrected chi connectivity index (χ2v) is 9.26. The van der Waals surface area contributed by atoms with Gasteiger partial charge in [0.15, 0.2) is 0 Å². The Morgan fingerprint density at radius 2 is 1.50 bits per heavy atom. The van der Waals surface area contributed by atoms with Crippen LogP contribution in [0.2, 0.25) is 0 Å². The number of carbonyl (C=O) groups excluding carboxylic acids is 4. The van der Waals surface area contributed by atoms with Crippen molar-refractivity contribution in [2.75, 3.05) is 6.54 Å². The third-order valence-electron chi connectivity index (χ3n) is 6.13. The third kappa shape index (κ3) is 11.1. The number of hydrogen-bond acceptors (Lipinski definition) is 8. The Morgan fingerprint density at radius 1 is 0.921 bits per heavy atom. The maximum Gasteiger partial charge on any atom is 0.326 e. The van der Waals surface area contributed by atoms with Crippen molar-refractivity contribution in [1.82, 2.24) is 16.0 Å². The number of carboxylic acid groups (broad SMARTS) is 1. The lowest BCUT2D eigenvalue weighted by Gasteiger charge is -2.26. The summed E-state index contributed by atoms with van der Waals surface area (Å²) in [6.45, 7) is 3.88. The summed E-state index contributed by atoms with van der Waals surface area (Å²) in [5.74, 6) is -4.83. The number of rotatable bonds is 17. The van der Waals surface area contributed by atoms with Gasteiger partial charge in [0.2, 0.25) is 23.6 Å². The number of phenolic OH excluding ortho intramolecular Hbond substituents is 1. The van der Waals surface area contributed by atoms with E-state index in [1.165, 1.54) is 24.3 Å². The first-order valence-corrected chi connectivity index (χ1v) is 12.5. The highest BCUT2D eigenvalue weighted by atomic mass is 16.4. The minimum Gasteiger partial charge on any atom is -0.508 e. The van der Waals surface area contributed by atoms with Gasteiger partial charge in [-0.05, 0) is 43.0 Å². The predicted molar refractivity (Wildman–Crippen MR) is 139 cm³/mol. The molecule has 0 aliphatic heterocycles. The molecule has 0 aromatic heterocycles. The van der Waals surface area contributed by atoms with E-state index in [2.05, 4.69) is 16.0 Å². The summed E-state index contributed by atoms with van der Waals surface area (Å²) < 4.78 is 0. The number of hydrogen-bond donors (Lipinski definition) is 8. The molecule has 13 nitrogen and oxygen atoms in total. The molecule has 0 spiro atoms. The summed E-state index contributed by atoms with van der Waals surface area (Å²) in [6, 6.07) is 1.01. The molecule has 5 unspecified atom stereocenters. The minimum atomic E-state index is -1.42. The molecule has 0 saturated carbocycles. The van der Waals surface area contributed by atoms with E-state index < -0.39 is 66.1 Å². The number of aromatic hydroxyl groups is 1. The van der Waals surface area contributed by atoms with Crippen molar-refractivity contribution in [3.63, 3.8) is 0 Å². The maximum absolute atomic E-state index is 13.2. The number of primary amides is 1. The van der Waals surface area contributed by atoms with Crippen molar-refractivity contribution >= 4 is 29.6 Å². The average molecular weight is 537 g/mol. The average Bonchev–Trinajstić information content (AvgIpc) is 2.86. The van der Waals surface area contributed by atoms with Crippen molar-refractivity contribution in [2.45, 2.75) is 76.5 Å². The molecule has 0 fully saturated rings. The van der Waals surface area contributed by atoms with Gasteiger partial charge in [0.05, 0.1) is 12.5 Å². The molecule has 0 bridgehead atoms. The predicted octanol–water partition coefficient (Wildman–Crippen LogP) is -1.15. The van der Waals surface area contributed by atoms with Gasteiger partial charge >= 0.3 is 5.97 Å². The van der Waals surface area contributed by atoms with E-state index in [0.717, 1.165) is 0 Å². The number of phenols is 1. The molecule has 0 aliphatic rings. The van der Waals surface area contributed by atoms with E-state index in [1.807, 2.05) is 0 Å². The molecule has 5 atom stereocenters. The van der Waals surface area contributed by atoms with E-state index >= 15 is 0 Å². The van der Waals surface area contributed by atoms with Crippen LogP contribution in [0.3, 0.4) is 0 Å². The highest BCUT2D eigenvalue weighted by Gasteiger charge is 2.32. The first-order valence-electron chi connectivity index (χ1n) is 12.5. The Balaban J connectivity index is 3.14. The number of benzene rings is 1. The molecule has 0 heterocycles. The Hall–Kier alpha value is -3.71. The molecule has 13 heteroatoms. The zero-order chi connectivity index (χ0) is 28.8. The number of aliphatic carboxylic acids is 1. The highest BCUT2D eigenvalue weighted by molar-refractivity contribution is 5.96. The molecular weight excluding hydrogens is 496 g/mol. The number of carbonyl (C=O) groups is 5. The minimum absolute atomic E-state index is 0.00599. The van der Waals surface area contributed by atoms with Gasteiger partial charge in [0, 0.05) is 6.42 Å². The zero-order valence-corrected chi connectivity index (χ0v) is 21.8. The summed E-state index contributed by atoms with van der Waals surface area (Å²) in [5, 5.41) is 26.5. The van der Waals surface area contributed by atoms with Crippen LogP contribution in [0.5, 0.6) is 5.75 Å². The largest absolute Gasteiger partial charge is 0.508 e. The summed E-state index contributed by atoms with van der Waals surface area (Å²) in [5.41, 5.74) is 17.2. The van der Waals surface area contributed by atoms with Crippen LogP contribution in [0.1, 0.15) is 51.5 Å². The van der Waals surface area contributed by atoms with E-state index in [0.29, 0.717) is 37.8 Å². The highest BCUT2D eigenvalue weighted by Crippen LogP contribution is 2.13. The SMILES string of the molecule is CCC(C)C(NC(=O)C(Cc1ccc(O)cc1)NC(=O)C(CC(N)=O)NC(=O)C(N)CCCCN)C(=O)O. The van der Waals surface area contributed by atoms with E-state index in [9.17, 15) is 34.2 Å². The van der Waals surface area contributed by atoms with Gasteiger partial charge in [-0.1, -0.05) is 38.8 Å². The number of amides is 4. The first kappa shape index (κ1) is 32.3. The summed E-state index contributed by atoms with van der Waals surface area (Å²) >= 11 is 0. The van der Waals surface area contributed by atoms with Crippen LogP contribution < -0.4 is 33.2 Å². The normalized spacial score (nSPS) is 14.8. The quantitative estimate of drug-likeness (QED) is 0.112. The summed E-state index contributed by atoms with van der Waals surface area (Å²) in [7, 11) is 0. The molecule has 0 saturated heterocycles. The van der Waals surface area contributed by atoms with Gasteiger partial charge in [-0.3, -0.25) is 19.2 Å². The summed E-state index contributed by atoms with van der Waals surface area (Å²) in [4.78, 5) is 62.2. The fraction of sp³-hybridized carbons (Fsp3) is 0.560. The molecule has 38 heavy (non-hydrogen) atoms. The van der Waals surface area contributed by atoms with Gasteiger partial charge in [-0.25, -0.2) is 4.79 Å². The van der Waals surface area contributed by atoms with E-state index in [1.54, 1.807) is 13.8 Å². The van der Waals surface area contributed by atoms with Crippen molar-refractivity contribution in [3.05, 3.63) is 29.8 Å². The van der Waals surface area contributed by atoms with Crippen LogP contribution in [-0.2, 0) is 30.4 Å². The van der Waals surface area contributed by atoms with Crippen LogP contribution in [0.4, 0.5) is 0 Å². The lowest BCUT2D eigenvalue weighted by atomic mass is 9.98. The third-order valence-corrected chi connectivity index (χ3v) is 6.13. The van der Waals surface area contributed by atoms with Gasteiger partial charge < -0.3 is 43.4 Å². The zero-order valence-electron chi connectivity index (χ0n) is 21.8. The molecule has 212 valence electrons. The lowest BCUT2D eigenvalue weighted by Crippen LogP contribution is -2.58. The van der Waals surface area contributed by atoms with Crippen molar-refractivity contribution in [1.29, 1.82) is 0 Å². The molecule has 11 N–H and O–H groups in total. The Kier molecular flexibility index (Phi) is 13.8. The fourth-order valence-electron chi connectivity index (χ4n) is 3.62. The Morgan fingerprint density at radius 3 is 2.03 bits per heavy atom. The van der Waals surface area contributed by atoms with Gasteiger partial charge in [-0.2, -0.15) is 0 Å². The van der Waals surface area contributed by atoms with Crippen molar-refractivity contribution in [2.24, 2.45) is 23.1 Å². The fourth-order valence-corrected chi connectivity index (χ4v) is 3.62. The van der Waals surface area contributed by atoms with Crippen LogP contribution in [0.15, 0.2) is 24.3 Å². The first-order chi connectivity index (χ1) is 17.9.